The third-order valence-corrected chi connectivity index (χ3v) is 9.08. The molecule has 0 radical (unpaired) electrons. The fourth-order valence-electron chi connectivity index (χ4n) is 4.62. The Bertz CT molecular complexity index is 1700. The Morgan fingerprint density at radius 1 is 0.974 bits per heavy atom. The second-order valence-electron chi connectivity index (χ2n) is 8.94. The van der Waals surface area contributed by atoms with Crippen LogP contribution in [0.4, 0.5) is 14.7 Å². The molecule has 3 aromatic heterocycles. The van der Waals surface area contributed by atoms with Gasteiger partial charge in [0.15, 0.2) is 4.96 Å². The second kappa shape index (κ2) is 9.86. The van der Waals surface area contributed by atoms with Crippen molar-refractivity contribution in [1.82, 2.24) is 23.7 Å². The highest BCUT2D eigenvalue weighted by atomic mass is 32.2. The van der Waals surface area contributed by atoms with E-state index in [1.54, 1.807) is 24.4 Å². The maximum absolute atomic E-state index is 13.6. The zero-order valence-corrected chi connectivity index (χ0v) is 21.6. The standard InChI is InChI=1S/C26H22F2N6O2S2/c27-18-5-3-17(4-6-18)23-24(34-14-15-37-26(34)32-23)22-11-12-29-25(31-22)30-20-2-1-13-33(16-20)38(35,36)21-9-7-19(28)8-10-21/h3-12,14-15,20H,1-2,13,16H2,(H,29,30,31)/t20-/m0/s1. The van der Waals surface area contributed by atoms with E-state index in [1.165, 1.54) is 39.9 Å². The van der Waals surface area contributed by atoms with Crippen LogP contribution in [-0.2, 0) is 10.0 Å². The van der Waals surface area contributed by atoms with Crippen LogP contribution >= 0.6 is 11.3 Å². The number of aromatic nitrogens is 4. The number of hydrogen-bond donors (Lipinski definition) is 1. The first kappa shape index (κ1) is 24.6. The number of sulfonamides is 1. The predicted octanol–water partition coefficient (Wildman–Crippen LogP) is 5.06. The lowest BCUT2D eigenvalue weighted by Gasteiger charge is -2.32. The normalized spacial score (nSPS) is 16.6. The molecule has 0 bridgehead atoms. The maximum atomic E-state index is 13.6. The number of thiazole rings is 1. The minimum atomic E-state index is -3.76. The van der Waals surface area contributed by atoms with Gasteiger partial charge in [0.25, 0.3) is 0 Å². The zero-order chi connectivity index (χ0) is 26.3. The molecule has 4 heterocycles. The van der Waals surface area contributed by atoms with Gasteiger partial charge in [-0.15, -0.1) is 11.3 Å². The number of nitrogens with zero attached hydrogens (tertiary/aromatic N) is 5. The summed E-state index contributed by atoms with van der Waals surface area (Å²) < 4.78 is 56.4. The zero-order valence-electron chi connectivity index (χ0n) is 20.0. The molecule has 1 atom stereocenters. The molecule has 6 rings (SSSR count). The summed E-state index contributed by atoms with van der Waals surface area (Å²) in [7, 11) is -3.76. The summed E-state index contributed by atoms with van der Waals surface area (Å²) in [5.41, 5.74) is 2.82. The van der Waals surface area contributed by atoms with Crippen LogP contribution in [0.5, 0.6) is 0 Å². The summed E-state index contributed by atoms with van der Waals surface area (Å²) in [6, 6.07) is 12.6. The number of anilines is 1. The van der Waals surface area contributed by atoms with Crippen molar-refractivity contribution in [2.75, 3.05) is 18.4 Å². The van der Waals surface area contributed by atoms with Gasteiger partial charge in [0.1, 0.15) is 17.3 Å². The van der Waals surface area contributed by atoms with E-state index in [1.807, 2.05) is 16.0 Å². The van der Waals surface area contributed by atoms with Crippen molar-refractivity contribution in [3.05, 3.63) is 84.0 Å². The van der Waals surface area contributed by atoms with E-state index in [2.05, 4.69) is 10.3 Å². The van der Waals surface area contributed by atoms with Gasteiger partial charge in [0, 0.05) is 42.5 Å². The third kappa shape index (κ3) is 4.66. The predicted molar refractivity (Wildman–Crippen MR) is 141 cm³/mol. The quantitative estimate of drug-likeness (QED) is 0.317. The molecule has 1 aliphatic heterocycles. The summed E-state index contributed by atoms with van der Waals surface area (Å²) in [6.45, 7) is 0.612. The Balaban J connectivity index is 1.27. The highest BCUT2D eigenvalue weighted by Gasteiger charge is 2.30. The average molecular weight is 553 g/mol. The molecule has 5 aromatic rings. The first-order valence-electron chi connectivity index (χ1n) is 12.0. The van der Waals surface area contributed by atoms with Gasteiger partial charge in [-0.2, -0.15) is 4.31 Å². The van der Waals surface area contributed by atoms with E-state index in [9.17, 15) is 17.2 Å². The summed E-state index contributed by atoms with van der Waals surface area (Å²) in [4.78, 5) is 14.7. The first-order chi connectivity index (χ1) is 18.4. The molecule has 38 heavy (non-hydrogen) atoms. The van der Waals surface area contributed by atoms with Crippen LogP contribution in [0.15, 0.2) is 77.3 Å². The van der Waals surface area contributed by atoms with Gasteiger partial charge in [-0.25, -0.2) is 32.2 Å². The maximum Gasteiger partial charge on any atom is 0.243 e. The molecule has 0 aliphatic carbocycles. The minimum absolute atomic E-state index is 0.0617. The van der Waals surface area contributed by atoms with Crippen LogP contribution in [0.1, 0.15) is 12.8 Å². The van der Waals surface area contributed by atoms with E-state index in [-0.39, 0.29) is 23.3 Å². The molecule has 194 valence electrons. The average Bonchev–Trinajstić information content (AvgIpc) is 3.51. The molecular formula is C26H22F2N6O2S2. The Hall–Kier alpha value is -3.74. The first-order valence-corrected chi connectivity index (χ1v) is 14.3. The van der Waals surface area contributed by atoms with Crippen molar-refractivity contribution in [3.63, 3.8) is 0 Å². The summed E-state index contributed by atoms with van der Waals surface area (Å²) in [5.74, 6) is -0.448. The van der Waals surface area contributed by atoms with E-state index in [0.717, 1.165) is 34.8 Å². The number of imidazole rings is 1. The number of nitrogens with one attached hydrogen (secondary N) is 1. The van der Waals surface area contributed by atoms with Crippen molar-refractivity contribution in [2.24, 2.45) is 0 Å². The van der Waals surface area contributed by atoms with Gasteiger partial charge < -0.3 is 5.32 Å². The molecule has 12 heteroatoms. The van der Waals surface area contributed by atoms with Gasteiger partial charge in [-0.05, 0) is 67.4 Å². The van der Waals surface area contributed by atoms with Crippen LogP contribution < -0.4 is 5.32 Å². The van der Waals surface area contributed by atoms with Gasteiger partial charge in [0.2, 0.25) is 16.0 Å². The molecule has 1 aliphatic rings. The summed E-state index contributed by atoms with van der Waals surface area (Å²) in [5, 5.41) is 5.22. The summed E-state index contributed by atoms with van der Waals surface area (Å²) in [6.07, 6.45) is 4.95. The number of piperidine rings is 1. The monoisotopic (exact) mass is 552 g/mol. The molecular weight excluding hydrogens is 530 g/mol. The largest absolute Gasteiger partial charge is 0.350 e. The number of rotatable bonds is 6. The molecule has 2 aromatic carbocycles. The highest BCUT2D eigenvalue weighted by molar-refractivity contribution is 7.89. The molecule has 1 fully saturated rings. The van der Waals surface area contributed by atoms with Crippen molar-refractivity contribution < 1.29 is 17.2 Å². The van der Waals surface area contributed by atoms with Gasteiger partial charge in [-0.3, -0.25) is 4.40 Å². The van der Waals surface area contributed by atoms with Crippen molar-refractivity contribution in [1.29, 1.82) is 0 Å². The van der Waals surface area contributed by atoms with Crippen LogP contribution in [0.2, 0.25) is 0 Å². The molecule has 0 amide bonds. The smallest absolute Gasteiger partial charge is 0.243 e. The molecule has 1 saturated heterocycles. The Labute approximate surface area is 221 Å². The van der Waals surface area contributed by atoms with Crippen LogP contribution in [0.25, 0.3) is 27.6 Å². The molecule has 8 nitrogen and oxygen atoms in total. The van der Waals surface area contributed by atoms with Crippen LogP contribution in [-0.4, -0.2) is 51.2 Å². The molecule has 0 unspecified atom stereocenters. The topological polar surface area (TPSA) is 92.5 Å². The van der Waals surface area contributed by atoms with E-state index < -0.39 is 15.8 Å². The molecule has 0 spiro atoms. The highest BCUT2D eigenvalue weighted by Crippen LogP contribution is 2.34. The minimum Gasteiger partial charge on any atom is -0.350 e. The van der Waals surface area contributed by atoms with Crippen LogP contribution in [0.3, 0.4) is 0 Å². The van der Waals surface area contributed by atoms with Crippen molar-refractivity contribution in [2.45, 2.75) is 23.8 Å². The molecule has 1 N–H and O–H groups in total. The fourth-order valence-corrected chi connectivity index (χ4v) is 6.85. The van der Waals surface area contributed by atoms with Gasteiger partial charge in [-0.1, -0.05) is 0 Å². The molecule has 0 saturated carbocycles. The number of benzene rings is 2. The SMILES string of the molecule is O=S(=O)(c1ccc(F)cc1)N1CCC[C@H](Nc2nccc(-c3c(-c4ccc(F)cc4)nc4sccn34)n2)C1. The van der Waals surface area contributed by atoms with E-state index >= 15 is 0 Å². The fraction of sp³-hybridized carbons (Fsp3) is 0.192. The Kier molecular flexibility index (Phi) is 6.38. The Morgan fingerprint density at radius 3 is 2.47 bits per heavy atom. The lowest BCUT2D eigenvalue weighted by molar-refractivity contribution is 0.326. The lowest BCUT2D eigenvalue weighted by Crippen LogP contribution is -2.45. The number of fused-ring (bicyclic) bond motifs is 1. The number of halogens is 2. The third-order valence-electron chi connectivity index (χ3n) is 6.45. The number of hydrogen-bond acceptors (Lipinski definition) is 7. The Morgan fingerprint density at radius 2 is 1.71 bits per heavy atom. The van der Waals surface area contributed by atoms with Crippen LogP contribution in [0, 0.1) is 11.6 Å². The van der Waals surface area contributed by atoms with Gasteiger partial charge >= 0.3 is 0 Å². The van der Waals surface area contributed by atoms with E-state index in [4.69, 9.17) is 9.97 Å². The van der Waals surface area contributed by atoms with Crippen molar-refractivity contribution in [3.8, 4) is 22.6 Å². The second-order valence-corrected chi connectivity index (χ2v) is 11.7. The summed E-state index contributed by atoms with van der Waals surface area (Å²) >= 11 is 1.48. The van der Waals surface area contributed by atoms with E-state index in [0.29, 0.717) is 30.3 Å². The van der Waals surface area contributed by atoms with Crippen molar-refractivity contribution >= 4 is 32.3 Å². The van der Waals surface area contributed by atoms with Gasteiger partial charge in [0.05, 0.1) is 16.3 Å². The lowest BCUT2D eigenvalue weighted by atomic mass is 10.1.